The molecule has 2 saturated heterocycles. The molecule has 1 atom stereocenters. The number of nitrogens with one attached hydrogen (secondary N) is 1. The third kappa shape index (κ3) is 0.354. The summed E-state index contributed by atoms with van der Waals surface area (Å²) in [5.41, 5.74) is 0.264. The summed E-state index contributed by atoms with van der Waals surface area (Å²) in [5.74, 6) is 5.59. The van der Waals surface area contributed by atoms with Crippen LogP contribution in [0.1, 0.15) is 12.8 Å². The molecule has 46 valence electrons. The predicted molar refractivity (Wildman–Crippen MR) is 30.9 cm³/mol. The fraction of sp³-hybridized carbons (Fsp3) is 1.00. The molecule has 0 amide bonds. The molecular weight excluding hydrogens is 102 g/mol. The minimum absolute atomic E-state index is 0.264. The largest absolute Gasteiger partial charge is 0.298 e. The van der Waals surface area contributed by atoms with Crippen LogP contribution in [-0.4, -0.2) is 23.8 Å². The lowest BCUT2D eigenvalue weighted by atomic mass is 9.87. The Kier molecular flexibility index (Phi) is 0.730. The molecule has 2 rings (SSSR count). The van der Waals surface area contributed by atoms with Gasteiger partial charge in [0, 0.05) is 6.54 Å². The van der Waals surface area contributed by atoms with E-state index in [1.54, 1.807) is 0 Å². The first-order valence-electron chi connectivity index (χ1n) is 3.11. The maximum atomic E-state index is 5.59. The van der Waals surface area contributed by atoms with Crippen LogP contribution in [0.4, 0.5) is 0 Å². The molecule has 3 heteroatoms. The van der Waals surface area contributed by atoms with Gasteiger partial charge in [0.15, 0.2) is 0 Å². The number of nitrogens with two attached hydrogens (primary N) is 1. The number of hydrogen-bond donors (Lipinski definition) is 2. The van der Waals surface area contributed by atoms with E-state index < -0.39 is 0 Å². The molecule has 0 aromatic heterocycles. The maximum absolute atomic E-state index is 5.59. The van der Waals surface area contributed by atoms with Gasteiger partial charge in [0.1, 0.15) is 0 Å². The molecule has 2 aliphatic rings. The van der Waals surface area contributed by atoms with E-state index in [2.05, 4.69) is 5.32 Å². The van der Waals surface area contributed by atoms with Crippen molar-refractivity contribution < 1.29 is 0 Å². The van der Waals surface area contributed by atoms with Crippen molar-refractivity contribution >= 4 is 0 Å². The summed E-state index contributed by atoms with van der Waals surface area (Å²) in [7, 11) is 0. The van der Waals surface area contributed by atoms with Crippen LogP contribution in [0.2, 0.25) is 0 Å². The van der Waals surface area contributed by atoms with Gasteiger partial charge in [-0.1, -0.05) is 0 Å². The number of hydrogen-bond acceptors (Lipinski definition) is 3. The van der Waals surface area contributed by atoms with Gasteiger partial charge in [-0.2, -0.15) is 0 Å². The maximum Gasteiger partial charge on any atom is 0.0868 e. The highest BCUT2D eigenvalue weighted by atomic mass is 15.6. The van der Waals surface area contributed by atoms with E-state index in [0.717, 1.165) is 13.1 Å². The Balaban J connectivity index is 2.03. The van der Waals surface area contributed by atoms with Crippen LogP contribution in [0.3, 0.4) is 0 Å². The molecule has 3 N–H and O–H groups in total. The normalized spacial score (nSPS) is 46.1. The third-order valence-corrected chi connectivity index (χ3v) is 2.31. The van der Waals surface area contributed by atoms with Crippen molar-refractivity contribution in [1.29, 1.82) is 0 Å². The summed E-state index contributed by atoms with van der Waals surface area (Å²) >= 11 is 0. The van der Waals surface area contributed by atoms with Gasteiger partial charge < -0.3 is 0 Å². The summed E-state index contributed by atoms with van der Waals surface area (Å²) in [6.07, 6.45) is 2.48. The summed E-state index contributed by atoms with van der Waals surface area (Å²) in [4.78, 5) is 0. The SMILES string of the molecule is NN1CCC12CCN2. The highest BCUT2D eigenvalue weighted by Gasteiger charge is 2.47. The van der Waals surface area contributed by atoms with Gasteiger partial charge in [-0.25, -0.2) is 5.01 Å². The van der Waals surface area contributed by atoms with Gasteiger partial charge >= 0.3 is 0 Å². The topological polar surface area (TPSA) is 41.3 Å². The van der Waals surface area contributed by atoms with Gasteiger partial charge in [0.05, 0.1) is 5.66 Å². The van der Waals surface area contributed by atoms with Gasteiger partial charge in [-0.05, 0) is 19.4 Å². The Morgan fingerprint density at radius 3 is 2.25 bits per heavy atom. The Labute approximate surface area is 48.8 Å². The van der Waals surface area contributed by atoms with Crippen LogP contribution in [0.25, 0.3) is 0 Å². The molecular formula is C5H11N3. The van der Waals surface area contributed by atoms with Gasteiger partial charge in [0.2, 0.25) is 0 Å². The first-order valence-corrected chi connectivity index (χ1v) is 3.11. The van der Waals surface area contributed by atoms with Crippen molar-refractivity contribution in [2.75, 3.05) is 13.1 Å². The standard InChI is InChI=1S/C5H11N3/c6-8-4-2-5(8)1-3-7-5/h7H,1-4,6H2. The molecule has 1 unspecified atom stereocenters. The second kappa shape index (κ2) is 1.23. The zero-order chi connectivity index (χ0) is 5.61. The third-order valence-electron chi connectivity index (χ3n) is 2.31. The average Bonchev–Trinajstić information content (AvgIpc) is 1.58. The van der Waals surface area contributed by atoms with Crippen LogP contribution in [0.5, 0.6) is 0 Å². The Morgan fingerprint density at radius 1 is 1.50 bits per heavy atom. The van der Waals surface area contributed by atoms with E-state index in [4.69, 9.17) is 5.84 Å². The molecule has 2 fully saturated rings. The second-order valence-electron chi connectivity index (χ2n) is 2.65. The minimum Gasteiger partial charge on any atom is -0.298 e. The average molecular weight is 113 g/mol. The Bertz CT molecular complexity index is 103. The van der Waals surface area contributed by atoms with Crippen molar-refractivity contribution in [1.82, 2.24) is 10.3 Å². The van der Waals surface area contributed by atoms with Gasteiger partial charge in [-0.3, -0.25) is 11.2 Å². The van der Waals surface area contributed by atoms with Gasteiger partial charge in [0.25, 0.3) is 0 Å². The van der Waals surface area contributed by atoms with Crippen molar-refractivity contribution in [2.24, 2.45) is 5.84 Å². The molecule has 0 saturated carbocycles. The van der Waals surface area contributed by atoms with Crippen molar-refractivity contribution in [3.05, 3.63) is 0 Å². The molecule has 0 radical (unpaired) electrons. The second-order valence-corrected chi connectivity index (χ2v) is 2.65. The van der Waals surface area contributed by atoms with Crippen LogP contribution in [0.15, 0.2) is 0 Å². The summed E-state index contributed by atoms with van der Waals surface area (Å²) in [5, 5.41) is 5.21. The predicted octanol–water partition coefficient (Wildman–Crippen LogP) is -0.745. The Hall–Kier alpha value is -0.120. The summed E-state index contributed by atoms with van der Waals surface area (Å²) in [6.45, 7) is 2.21. The van der Waals surface area contributed by atoms with Crippen molar-refractivity contribution in [3.63, 3.8) is 0 Å². The fourth-order valence-electron chi connectivity index (χ4n) is 1.38. The number of hydrazine groups is 1. The molecule has 2 aliphatic heterocycles. The molecule has 1 spiro atoms. The van der Waals surface area contributed by atoms with Gasteiger partial charge in [-0.15, -0.1) is 0 Å². The molecule has 8 heavy (non-hydrogen) atoms. The zero-order valence-corrected chi connectivity index (χ0v) is 4.85. The molecule has 2 heterocycles. The zero-order valence-electron chi connectivity index (χ0n) is 4.85. The summed E-state index contributed by atoms with van der Waals surface area (Å²) < 4.78 is 0. The highest BCUT2D eigenvalue weighted by Crippen LogP contribution is 2.32. The van der Waals surface area contributed by atoms with E-state index in [9.17, 15) is 0 Å². The smallest absolute Gasteiger partial charge is 0.0868 e. The Morgan fingerprint density at radius 2 is 2.25 bits per heavy atom. The lowest BCUT2D eigenvalue weighted by Crippen LogP contribution is -2.76. The van der Waals surface area contributed by atoms with Crippen molar-refractivity contribution in [2.45, 2.75) is 18.5 Å². The van der Waals surface area contributed by atoms with Crippen LogP contribution in [0, 0.1) is 0 Å². The van der Waals surface area contributed by atoms with Crippen molar-refractivity contribution in [3.8, 4) is 0 Å². The lowest BCUT2D eigenvalue weighted by Gasteiger charge is -2.56. The molecule has 0 aromatic carbocycles. The van der Waals surface area contributed by atoms with Crippen LogP contribution in [-0.2, 0) is 0 Å². The van der Waals surface area contributed by atoms with Crippen LogP contribution >= 0.6 is 0 Å². The fourth-order valence-corrected chi connectivity index (χ4v) is 1.38. The quantitative estimate of drug-likeness (QED) is 0.406. The van der Waals surface area contributed by atoms with E-state index in [1.807, 2.05) is 5.01 Å². The van der Waals surface area contributed by atoms with E-state index in [-0.39, 0.29) is 5.66 Å². The number of rotatable bonds is 0. The molecule has 3 nitrogen and oxygen atoms in total. The molecule has 0 bridgehead atoms. The first kappa shape index (κ1) is 4.73. The van der Waals surface area contributed by atoms with E-state index >= 15 is 0 Å². The minimum atomic E-state index is 0.264. The monoisotopic (exact) mass is 113 g/mol. The lowest BCUT2D eigenvalue weighted by molar-refractivity contribution is -0.0918. The van der Waals surface area contributed by atoms with Crippen LogP contribution < -0.4 is 11.2 Å². The van der Waals surface area contributed by atoms with E-state index in [0.29, 0.717) is 0 Å². The summed E-state index contributed by atoms with van der Waals surface area (Å²) in [6, 6.07) is 0. The molecule has 0 aliphatic carbocycles. The highest BCUT2D eigenvalue weighted by molar-refractivity contribution is 5.01. The first-order chi connectivity index (χ1) is 3.83. The molecule has 0 aromatic rings. The van der Waals surface area contributed by atoms with E-state index in [1.165, 1.54) is 12.8 Å². The number of nitrogens with zero attached hydrogens (tertiary/aromatic N) is 1.